The highest BCUT2D eigenvalue weighted by Gasteiger charge is 2.16. The Labute approximate surface area is 352 Å². The first-order chi connectivity index (χ1) is 29.7. The Kier molecular flexibility index (Phi) is 10.0. The molecule has 0 radical (unpaired) electrons. The van der Waals surface area contributed by atoms with Crippen LogP contribution in [0.5, 0.6) is 0 Å². The van der Waals surface area contributed by atoms with Crippen molar-refractivity contribution in [2.45, 2.75) is 0 Å². The van der Waals surface area contributed by atoms with E-state index in [0.29, 0.717) is 0 Å². The SMILES string of the molecule is c1ccc(-c2ccc(N(c3ccc(-c4ccccc4)cc3)c3ccc(-c4cc(Nc5ccccc5-c5ccc6ccccc6c5)ccc4-c4ccccc4)cc3)cc2)cc1. The Morgan fingerprint density at radius 3 is 1.27 bits per heavy atom. The number of nitrogens with one attached hydrogen (secondary N) is 1. The van der Waals surface area contributed by atoms with Gasteiger partial charge in [-0.25, -0.2) is 0 Å². The van der Waals surface area contributed by atoms with Gasteiger partial charge in [0.2, 0.25) is 0 Å². The van der Waals surface area contributed by atoms with Crippen molar-refractivity contribution in [1.29, 1.82) is 0 Å². The number of nitrogens with zero attached hydrogens (tertiary/aromatic N) is 1. The average molecular weight is 767 g/mol. The first-order valence-electron chi connectivity index (χ1n) is 20.5. The van der Waals surface area contributed by atoms with Crippen LogP contribution in [0.15, 0.2) is 249 Å². The van der Waals surface area contributed by atoms with Crippen molar-refractivity contribution >= 4 is 39.2 Å². The van der Waals surface area contributed by atoms with Crippen LogP contribution < -0.4 is 10.2 Å². The summed E-state index contributed by atoms with van der Waals surface area (Å²) in [5.74, 6) is 0. The van der Waals surface area contributed by atoms with E-state index in [-0.39, 0.29) is 0 Å². The molecule has 0 amide bonds. The summed E-state index contributed by atoms with van der Waals surface area (Å²) in [4.78, 5) is 2.34. The van der Waals surface area contributed by atoms with Crippen LogP contribution in [0.2, 0.25) is 0 Å². The van der Waals surface area contributed by atoms with Gasteiger partial charge in [-0.1, -0.05) is 188 Å². The van der Waals surface area contributed by atoms with Crippen LogP contribution >= 0.6 is 0 Å². The van der Waals surface area contributed by atoms with E-state index in [2.05, 4.69) is 259 Å². The number of para-hydroxylation sites is 1. The summed E-state index contributed by atoms with van der Waals surface area (Å²) < 4.78 is 0. The standard InChI is InChI=1S/C58H42N2/c1-4-14-42(15-5-1)45-26-33-52(34-27-45)60(53-35-28-46(29-36-53)43-16-6-2-7-17-43)54-37-30-48(31-38-54)57-41-51(32-39-55(57)47-19-8-3-9-20-47)59-58-23-13-12-22-56(58)50-25-24-44-18-10-11-21-49(44)40-50/h1-41,59H. The lowest BCUT2D eigenvalue weighted by atomic mass is 9.93. The molecule has 10 aromatic carbocycles. The van der Waals surface area contributed by atoms with Gasteiger partial charge in [0, 0.05) is 34.0 Å². The Balaban J connectivity index is 1.02. The zero-order chi connectivity index (χ0) is 40.1. The average Bonchev–Trinajstić information content (AvgIpc) is 3.33. The van der Waals surface area contributed by atoms with Crippen LogP contribution in [0.25, 0.3) is 66.4 Å². The third kappa shape index (κ3) is 7.58. The molecule has 1 N–H and O–H groups in total. The molecule has 0 bridgehead atoms. The largest absolute Gasteiger partial charge is 0.355 e. The molecule has 10 aromatic rings. The maximum absolute atomic E-state index is 3.80. The van der Waals surface area contributed by atoms with Gasteiger partial charge in [-0.15, -0.1) is 0 Å². The minimum Gasteiger partial charge on any atom is -0.355 e. The highest BCUT2D eigenvalue weighted by molar-refractivity contribution is 5.92. The van der Waals surface area contributed by atoms with Gasteiger partial charge in [-0.3, -0.25) is 0 Å². The molecule has 0 aliphatic carbocycles. The molecule has 0 fully saturated rings. The van der Waals surface area contributed by atoms with Gasteiger partial charge in [0.1, 0.15) is 0 Å². The topological polar surface area (TPSA) is 15.3 Å². The van der Waals surface area contributed by atoms with Crippen molar-refractivity contribution in [3.8, 4) is 55.6 Å². The molecule has 0 aromatic heterocycles. The highest BCUT2D eigenvalue weighted by atomic mass is 15.1. The van der Waals surface area contributed by atoms with E-state index < -0.39 is 0 Å². The van der Waals surface area contributed by atoms with Crippen molar-refractivity contribution in [2.75, 3.05) is 10.2 Å². The minimum absolute atomic E-state index is 1.03. The van der Waals surface area contributed by atoms with Crippen LogP contribution in [0.1, 0.15) is 0 Å². The molecule has 0 atom stereocenters. The molecule has 0 spiro atoms. The molecule has 284 valence electrons. The molecule has 0 saturated heterocycles. The van der Waals surface area contributed by atoms with E-state index in [9.17, 15) is 0 Å². The van der Waals surface area contributed by atoms with Gasteiger partial charge in [-0.2, -0.15) is 0 Å². The number of fused-ring (bicyclic) bond motifs is 1. The summed E-state index contributed by atoms with van der Waals surface area (Å²) in [5.41, 5.74) is 17.2. The molecule has 10 rings (SSSR count). The van der Waals surface area contributed by atoms with E-state index in [1.807, 2.05) is 0 Å². The second-order valence-electron chi connectivity index (χ2n) is 15.1. The monoisotopic (exact) mass is 766 g/mol. The minimum atomic E-state index is 1.03. The van der Waals surface area contributed by atoms with Gasteiger partial charge in [0.25, 0.3) is 0 Å². The second kappa shape index (κ2) is 16.5. The Morgan fingerprint density at radius 2 is 0.683 bits per heavy atom. The van der Waals surface area contributed by atoms with Gasteiger partial charge >= 0.3 is 0 Å². The van der Waals surface area contributed by atoms with Crippen LogP contribution in [-0.2, 0) is 0 Å². The molecular formula is C58H42N2. The van der Waals surface area contributed by atoms with E-state index in [1.165, 1.54) is 49.7 Å². The fraction of sp³-hybridized carbons (Fsp3) is 0. The van der Waals surface area contributed by atoms with E-state index in [0.717, 1.165) is 45.1 Å². The summed E-state index contributed by atoms with van der Waals surface area (Å²) in [6.45, 7) is 0. The lowest BCUT2D eigenvalue weighted by Gasteiger charge is -2.26. The molecule has 0 heterocycles. The summed E-state index contributed by atoms with van der Waals surface area (Å²) >= 11 is 0. The Bertz CT molecular complexity index is 2930. The van der Waals surface area contributed by atoms with Crippen LogP contribution in [-0.4, -0.2) is 0 Å². The third-order valence-corrected chi connectivity index (χ3v) is 11.3. The maximum atomic E-state index is 3.80. The van der Waals surface area contributed by atoms with Gasteiger partial charge in [0.15, 0.2) is 0 Å². The molecule has 0 aliphatic heterocycles. The zero-order valence-corrected chi connectivity index (χ0v) is 33.1. The van der Waals surface area contributed by atoms with Crippen LogP contribution in [0.3, 0.4) is 0 Å². The van der Waals surface area contributed by atoms with Crippen molar-refractivity contribution in [3.63, 3.8) is 0 Å². The number of hydrogen-bond acceptors (Lipinski definition) is 2. The van der Waals surface area contributed by atoms with Crippen molar-refractivity contribution in [2.24, 2.45) is 0 Å². The van der Waals surface area contributed by atoms with Gasteiger partial charge in [0.05, 0.1) is 0 Å². The van der Waals surface area contributed by atoms with E-state index in [1.54, 1.807) is 0 Å². The predicted molar refractivity (Wildman–Crippen MR) is 256 cm³/mol. The van der Waals surface area contributed by atoms with Crippen molar-refractivity contribution in [3.05, 3.63) is 249 Å². The first kappa shape index (κ1) is 36.4. The Morgan fingerprint density at radius 1 is 0.250 bits per heavy atom. The fourth-order valence-corrected chi connectivity index (χ4v) is 8.19. The second-order valence-corrected chi connectivity index (χ2v) is 15.1. The first-order valence-corrected chi connectivity index (χ1v) is 20.5. The predicted octanol–water partition coefficient (Wildman–Crippen LogP) is 16.4. The number of hydrogen-bond donors (Lipinski definition) is 1. The molecule has 60 heavy (non-hydrogen) atoms. The smallest absolute Gasteiger partial charge is 0.0463 e. The quantitative estimate of drug-likeness (QED) is 0.149. The lowest BCUT2D eigenvalue weighted by Crippen LogP contribution is -2.09. The lowest BCUT2D eigenvalue weighted by molar-refractivity contribution is 1.28. The fourth-order valence-electron chi connectivity index (χ4n) is 8.19. The molecular weight excluding hydrogens is 725 g/mol. The normalized spacial score (nSPS) is 11.0. The van der Waals surface area contributed by atoms with Crippen LogP contribution in [0.4, 0.5) is 28.4 Å². The van der Waals surface area contributed by atoms with Gasteiger partial charge in [-0.05, 0) is 122 Å². The zero-order valence-electron chi connectivity index (χ0n) is 33.1. The van der Waals surface area contributed by atoms with Gasteiger partial charge < -0.3 is 10.2 Å². The number of benzene rings is 10. The van der Waals surface area contributed by atoms with Crippen molar-refractivity contribution in [1.82, 2.24) is 0 Å². The maximum Gasteiger partial charge on any atom is 0.0463 e. The molecule has 2 nitrogen and oxygen atoms in total. The highest BCUT2D eigenvalue weighted by Crippen LogP contribution is 2.41. The summed E-state index contributed by atoms with van der Waals surface area (Å²) in [6, 6.07) is 89.1. The molecule has 0 unspecified atom stereocenters. The summed E-state index contributed by atoms with van der Waals surface area (Å²) in [7, 11) is 0. The van der Waals surface area contributed by atoms with Crippen molar-refractivity contribution < 1.29 is 0 Å². The molecule has 2 heteroatoms. The number of rotatable bonds is 10. The van der Waals surface area contributed by atoms with E-state index >= 15 is 0 Å². The molecule has 0 saturated carbocycles. The van der Waals surface area contributed by atoms with E-state index in [4.69, 9.17) is 0 Å². The number of anilines is 5. The summed E-state index contributed by atoms with van der Waals surface area (Å²) in [6.07, 6.45) is 0. The molecule has 0 aliphatic rings. The summed E-state index contributed by atoms with van der Waals surface area (Å²) in [5, 5.41) is 6.28. The Hall–Kier alpha value is -7.94. The third-order valence-electron chi connectivity index (χ3n) is 11.3. The van der Waals surface area contributed by atoms with Crippen LogP contribution in [0, 0.1) is 0 Å².